The summed E-state index contributed by atoms with van der Waals surface area (Å²) in [7, 11) is 0. The second kappa shape index (κ2) is 5.03. The number of thioether (sulfide) groups is 1. The van der Waals surface area contributed by atoms with Crippen LogP contribution in [0.3, 0.4) is 0 Å². The first-order chi connectivity index (χ1) is 7.75. The Kier molecular flexibility index (Phi) is 3.46. The van der Waals surface area contributed by atoms with E-state index in [4.69, 9.17) is 0 Å². The molecule has 2 rings (SSSR count). The fraction of sp³-hybridized carbons (Fsp3) is 0.273. The van der Waals surface area contributed by atoms with Gasteiger partial charge in [-0.05, 0) is 18.6 Å². The van der Waals surface area contributed by atoms with Crippen molar-refractivity contribution in [3.63, 3.8) is 0 Å². The van der Waals surface area contributed by atoms with Gasteiger partial charge in [0.05, 0.1) is 6.54 Å². The third-order valence-electron chi connectivity index (χ3n) is 2.20. The van der Waals surface area contributed by atoms with Crippen molar-refractivity contribution in [1.82, 2.24) is 5.32 Å². The van der Waals surface area contributed by atoms with E-state index in [-0.39, 0.29) is 6.03 Å². The second-order valence-corrected chi connectivity index (χ2v) is 4.51. The molecule has 1 heterocycles. The number of carbonyl (C=O) groups excluding carboxylic acids is 1. The Morgan fingerprint density at radius 3 is 2.88 bits per heavy atom. The molecule has 0 radical (unpaired) electrons. The van der Waals surface area contributed by atoms with E-state index in [2.05, 4.69) is 15.6 Å². The van der Waals surface area contributed by atoms with E-state index in [1.165, 1.54) is 0 Å². The maximum Gasteiger partial charge on any atom is 0.325 e. The van der Waals surface area contributed by atoms with E-state index in [9.17, 15) is 4.79 Å². The fourth-order valence-electron chi connectivity index (χ4n) is 1.37. The zero-order chi connectivity index (χ0) is 11.4. The predicted molar refractivity (Wildman–Crippen MR) is 68.1 cm³/mol. The number of carbonyl (C=O) groups is 1. The largest absolute Gasteiger partial charge is 0.325 e. The van der Waals surface area contributed by atoms with Crippen LogP contribution in [0.15, 0.2) is 29.3 Å². The molecule has 2 N–H and O–H groups in total. The topological polar surface area (TPSA) is 53.5 Å². The highest BCUT2D eigenvalue weighted by atomic mass is 32.2. The number of rotatable bonds is 1. The van der Waals surface area contributed by atoms with Crippen molar-refractivity contribution in [1.29, 1.82) is 0 Å². The molecule has 0 spiro atoms. The number of amidine groups is 1. The smallest absolute Gasteiger partial charge is 0.307 e. The van der Waals surface area contributed by atoms with Crippen molar-refractivity contribution in [3.05, 3.63) is 29.8 Å². The van der Waals surface area contributed by atoms with Crippen LogP contribution in [0, 0.1) is 6.92 Å². The molecule has 0 atom stereocenters. The molecule has 0 saturated heterocycles. The minimum Gasteiger partial charge on any atom is -0.307 e. The molecule has 0 fully saturated rings. The molecule has 5 heteroatoms. The average Bonchev–Trinajstić information content (AvgIpc) is 2.74. The van der Waals surface area contributed by atoms with Crippen molar-refractivity contribution in [2.75, 3.05) is 17.6 Å². The van der Waals surface area contributed by atoms with Crippen LogP contribution in [0.5, 0.6) is 0 Å². The lowest BCUT2D eigenvalue weighted by Gasteiger charge is -2.08. The van der Waals surface area contributed by atoms with Crippen LogP contribution in [0.4, 0.5) is 10.5 Å². The minimum atomic E-state index is -0.234. The normalized spacial score (nSPS) is 14.4. The van der Waals surface area contributed by atoms with E-state index >= 15 is 0 Å². The lowest BCUT2D eigenvalue weighted by atomic mass is 10.2. The molecule has 2 amide bonds. The third-order valence-corrected chi connectivity index (χ3v) is 3.09. The van der Waals surface area contributed by atoms with Gasteiger partial charge in [0.1, 0.15) is 0 Å². The molecule has 1 aromatic rings. The van der Waals surface area contributed by atoms with Gasteiger partial charge in [-0.1, -0.05) is 30.0 Å². The monoisotopic (exact) mass is 235 g/mol. The molecule has 0 saturated carbocycles. The Hall–Kier alpha value is -1.49. The SMILES string of the molecule is Cc1ccccc1NC(=O)NC1=NCCS1. The highest BCUT2D eigenvalue weighted by Gasteiger charge is 2.10. The molecule has 1 aliphatic rings. The van der Waals surface area contributed by atoms with Crippen LogP contribution >= 0.6 is 11.8 Å². The van der Waals surface area contributed by atoms with Gasteiger partial charge in [0.15, 0.2) is 5.17 Å². The molecule has 4 nitrogen and oxygen atoms in total. The highest BCUT2D eigenvalue weighted by molar-refractivity contribution is 8.14. The molecular weight excluding hydrogens is 222 g/mol. The first-order valence-electron chi connectivity index (χ1n) is 5.06. The Bertz CT molecular complexity index is 431. The van der Waals surface area contributed by atoms with Gasteiger partial charge in [0.25, 0.3) is 0 Å². The summed E-state index contributed by atoms with van der Waals surface area (Å²) < 4.78 is 0. The number of amides is 2. The number of benzene rings is 1. The molecule has 84 valence electrons. The second-order valence-electron chi connectivity index (χ2n) is 3.43. The van der Waals surface area contributed by atoms with Crippen LogP contribution < -0.4 is 10.6 Å². The quantitative estimate of drug-likeness (QED) is 0.784. The van der Waals surface area contributed by atoms with Crippen LogP contribution in [-0.4, -0.2) is 23.5 Å². The number of nitrogens with zero attached hydrogens (tertiary/aromatic N) is 1. The molecule has 0 aliphatic carbocycles. The van der Waals surface area contributed by atoms with Gasteiger partial charge in [-0.25, -0.2) is 4.79 Å². The summed E-state index contributed by atoms with van der Waals surface area (Å²) in [5, 5.41) is 6.21. The summed E-state index contributed by atoms with van der Waals surface area (Å²) in [5.74, 6) is 0.944. The molecule has 1 aromatic carbocycles. The highest BCUT2D eigenvalue weighted by Crippen LogP contribution is 2.13. The number of urea groups is 1. The van der Waals surface area contributed by atoms with Gasteiger partial charge in [-0.15, -0.1) is 0 Å². The summed E-state index contributed by atoms with van der Waals surface area (Å²) >= 11 is 1.56. The predicted octanol–water partition coefficient (Wildman–Crippen LogP) is 2.22. The first-order valence-corrected chi connectivity index (χ1v) is 6.05. The van der Waals surface area contributed by atoms with Gasteiger partial charge in [-0.2, -0.15) is 0 Å². The molecule has 16 heavy (non-hydrogen) atoms. The molecular formula is C11H13N3OS. The van der Waals surface area contributed by atoms with Crippen LogP contribution in [0.2, 0.25) is 0 Å². The molecule has 0 bridgehead atoms. The fourth-order valence-corrected chi connectivity index (χ4v) is 2.10. The standard InChI is InChI=1S/C11H13N3OS/c1-8-4-2-3-5-9(8)13-10(15)14-11-12-6-7-16-11/h2-5H,6-7H2,1H3,(H2,12,13,14,15). The zero-order valence-corrected chi connectivity index (χ0v) is 9.80. The number of nitrogens with one attached hydrogen (secondary N) is 2. The van der Waals surface area contributed by atoms with E-state index in [1.807, 2.05) is 31.2 Å². The lowest BCUT2D eigenvalue weighted by Crippen LogP contribution is -2.32. The van der Waals surface area contributed by atoms with Gasteiger partial charge < -0.3 is 5.32 Å². The minimum absolute atomic E-state index is 0.234. The molecule has 1 aliphatic heterocycles. The van der Waals surface area contributed by atoms with Crippen molar-refractivity contribution in [2.45, 2.75) is 6.92 Å². The lowest BCUT2D eigenvalue weighted by molar-refractivity contribution is 0.256. The van der Waals surface area contributed by atoms with Crippen molar-refractivity contribution >= 4 is 28.6 Å². The Balaban J connectivity index is 1.94. The van der Waals surface area contributed by atoms with Gasteiger partial charge in [0.2, 0.25) is 0 Å². The van der Waals surface area contributed by atoms with E-state index in [0.717, 1.165) is 23.5 Å². The van der Waals surface area contributed by atoms with Gasteiger partial charge >= 0.3 is 6.03 Å². The Labute approximate surface area is 98.5 Å². The average molecular weight is 235 g/mol. The maximum atomic E-state index is 11.6. The van der Waals surface area contributed by atoms with Crippen LogP contribution in [0.25, 0.3) is 0 Å². The van der Waals surface area contributed by atoms with E-state index < -0.39 is 0 Å². The summed E-state index contributed by atoms with van der Waals surface area (Å²) in [4.78, 5) is 15.8. The summed E-state index contributed by atoms with van der Waals surface area (Å²) in [5.41, 5.74) is 1.86. The van der Waals surface area contributed by atoms with Gasteiger partial charge in [-0.3, -0.25) is 10.3 Å². The zero-order valence-electron chi connectivity index (χ0n) is 8.99. The van der Waals surface area contributed by atoms with E-state index in [0.29, 0.717) is 5.17 Å². The van der Waals surface area contributed by atoms with Crippen molar-refractivity contribution < 1.29 is 4.79 Å². The number of hydrogen-bond acceptors (Lipinski definition) is 3. The number of hydrogen-bond donors (Lipinski definition) is 2. The Morgan fingerprint density at radius 1 is 1.38 bits per heavy atom. The number of para-hydroxylation sites is 1. The maximum absolute atomic E-state index is 11.6. The number of aliphatic imine (C=N–C) groups is 1. The molecule has 0 unspecified atom stereocenters. The number of aryl methyl sites for hydroxylation is 1. The van der Waals surface area contributed by atoms with Crippen molar-refractivity contribution in [2.24, 2.45) is 4.99 Å². The van der Waals surface area contributed by atoms with Crippen molar-refractivity contribution in [3.8, 4) is 0 Å². The van der Waals surface area contributed by atoms with Crippen LogP contribution in [0.1, 0.15) is 5.56 Å². The summed E-state index contributed by atoms with van der Waals surface area (Å²) in [6.45, 7) is 2.74. The van der Waals surface area contributed by atoms with Gasteiger partial charge in [0, 0.05) is 11.4 Å². The Morgan fingerprint density at radius 2 is 2.19 bits per heavy atom. The van der Waals surface area contributed by atoms with Crippen LogP contribution in [-0.2, 0) is 0 Å². The first kappa shape index (κ1) is 11.0. The molecule has 0 aromatic heterocycles. The van der Waals surface area contributed by atoms with E-state index in [1.54, 1.807) is 11.8 Å². The summed E-state index contributed by atoms with van der Waals surface area (Å²) in [6.07, 6.45) is 0. The third kappa shape index (κ3) is 2.76. The number of anilines is 1. The summed E-state index contributed by atoms with van der Waals surface area (Å²) in [6, 6.07) is 7.43.